The molecule has 0 aromatic heterocycles. The van der Waals surface area contributed by atoms with Crippen LogP contribution in [0.15, 0.2) is 5.10 Å². The SMILES string of the molecule is CC(C)=NNC(=N)NCCC(=O)O. The van der Waals surface area contributed by atoms with Gasteiger partial charge in [0.1, 0.15) is 0 Å². The maximum Gasteiger partial charge on any atom is 0.305 e. The van der Waals surface area contributed by atoms with Gasteiger partial charge >= 0.3 is 5.97 Å². The highest BCUT2D eigenvalue weighted by Gasteiger charge is 1.97. The van der Waals surface area contributed by atoms with Crippen molar-refractivity contribution in [2.75, 3.05) is 6.54 Å². The lowest BCUT2D eigenvalue weighted by Gasteiger charge is -2.04. The predicted octanol–water partition coefficient (Wildman–Crippen LogP) is -0.0291. The van der Waals surface area contributed by atoms with E-state index in [4.69, 9.17) is 10.5 Å². The number of nitrogens with zero attached hydrogens (tertiary/aromatic N) is 1. The first kappa shape index (κ1) is 11.4. The summed E-state index contributed by atoms with van der Waals surface area (Å²) in [5.41, 5.74) is 3.22. The van der Waals surface area contributed by atoms with Gasteiger partial charge in [-0.3, -0.25) is 10.2 Å². The van der Waals surface area contributed by atoms with Crippen molar-refractivity contribution in [3.05, 3.63) is 0 Å². The van der Waals surface area contributed by atoms with Crippen LogP contribution in [0.2, 0.25) is 0 Å². The number of aliphatic carboxylic acids is 1. The van der Waals surface area contributed by atoms with E-state index >= 15 is 0 Å². The Hall–Kier alpha value is -1.59. The van der Waals surface area contributed by atoms with Crippen molar-refractivity contribution in [1.29, 1.82) is 5.41 Å². The minimum absolute atomic E-state index is 0.00227. The van der Waals surface area contributed by atoms with Crippen molar-refractivity contribution in [2.24, 2.45) is 5.10 Å². The average molecular weight is 186 g/mol. The summed E-state index contributed by atoms with van der Waals surface area (Å²) in [6.07, 6.45) is -0.0150. The second-order valence-electron chi connectivity index (χ2n) is 2.62. The number of carboxylic acid groups (broad SMARTS) is 1. The molecule has 0 heterocycles. The Labute approximate surface area is 76.5 Å². The third-order valence-electron chi connectivity index (χ3n) is 1.03. The van der Waals surface area contributed by atoms with Crippen LogP contribution in [0.4, 0.5) is 0 Å². The molecule has 0 bridgehead atoms. The third-order valence-corrected chi connectivity index (χ3v) is 1.03. The van der Waals surface area contributed by atoms with Crippen molar-refractivity contribution < 1.29 is 9.90 Å². The molecule has 6 heteroatoms. The normalized spacial score (nSPS) is 8.77. The van der Waals surface area contributed by atoms with Crippen molar-refractivity contribution in [1.82, 2.24) is 10.7 Å². The summed E-state index contributed by atoms with van der Waals surface area (Å²) in [6.45, 7) is 3.80. The Morgan fingerprint density at radius 2 is 2.15 bits per heavy atom. The smallest absolute Gasteiger partial charge is 0.305 e. The molecule has 0 aliphatic carbocycles. The van der Waals surface area contributed by atoms with Gasteiger partial charge in [-0.2, -0.15) is 5.10 Å². The zero-order valence-corrected chi connectivity index (χ0v) is 7.72. The zero-order chi connectivity index (χ0) is 10.3. The second kappa shape index (κ2) is 5.99. The number of nitrogens with one attached hydrogen (secondary N) is 3. The van der Waals surface area contributed by atoms with Gasteiger partial charge in [0.2, 0.25) is 5.96 Å². The van der Waals surface area contributed by atoms with Crippen LogP contribution in [0, 0.1) is 5.41 Å². The predicted molar refractivity (Wildman–Crippen MR) is 49.9 cm³/mol. The number of guanidine groups is 1. The molecule has 74 valence electrons. The minimum Gasteiger partial charge on any atom is -0.481 e. The van der Waals surface area contributed by atoms with Crippen molar-refractivity contribution >= 4 is 17.6 Å². The summed E-state index contributed by atoms with van der Waals surface area (Å²) >= 11 is 0. The average Bonchev–Trinajstić information content (AvgIpc) is 2.00. The first-order valence-corrected chi connectivity index (χ1v) is 3.83. The van der Waals surface area contributed by atoms with Crippen LogP contribution in [0.5, 0.6) is 0 Å². The van der Waals surface area contributed by atoms with Gasteiger partial charge < -0.3 is 10.4 Å². The molecule has 0 radical (unpaired) electrons. The summed E-state index contributed by atoms with van der Waals surface area (Å²) < 4.78 is 0. The van der Waals surface area contributed by atoms with Crippen LogP contribution < -0.4 is 10.7 Å². The lowest BCUT2D eigenvalue weighted by molar-refractivity contribution is -0.136. The van der Waals surface area contributed by atoms with E-state index in [1.165, 1.54) is 0 Å². The highest BCUT2D eigenvalue weighted by molar-refractivity contribution is 5.82. The second-order valence-corrected chi connectivity index (χ2v) is 2.62. The van der Waals surface area contributed by atoms with Gasteiger partial charge in [-0.05, 0) is 13.8 Å². The fourth-order valence-electron chi connectivity index (χ4n) is 0.502. The standard InChI is InChI=1S/C7H14N4O2/c1-5(2)10-11-7(8)9-4-3-6(12)13/h3-4H2,1-2H3,(H,12,13)(H3,8,9,11). The molecule has 13 heavy (non-hydrogen) atoms. The lowest BCUT2D eigenvalue weighted by Crippen LogP contribution is -2.34. The van der Waals surface area contributed by atoms with Gasteiger partial charge in [-0.25, -0.2) is 5.43 Å². The molecule has 0 amide bonds. The Morgan fingerprint density at radius 1 is 1.54 bits per heavy atom. The fraction of sp³-hybridized carbons (Fsp3) is 0.571. The molecule has 0 aromatic rings. The van der Waals surface area contributed by atoms with Gasteiger partial charge in [0, 0.05) is 12.3 Å². The number of rotatable bonds is 4. The van der Waals surface area contributed by atoms with E-state index in [0.717, 1.165) is 5.71 Å². The Kier molecular flexibility index (Phi) is 5.25. The van der Waals surface area contributed by atoms with E-state index in [1.807, 2.05) is 0 Å². The summed E-state index contributed by atoms with van der Waals surface area (Å²) in [4.78, 5) is 10.1. The Balaban J connectivity index is 3.52. The van der Waals surface area contributed by atoms with E-state index in [9.17, 15) is 4.79 Å². The monoisotopic (exact) mass is 186 g/mol. The van der Waals surface area contributed by atoms with Crippen molar-refractivity contribution in [3.8, 4) is 0 Å². The first-order chi connectivity index (χ1) is 6.02. The van der Waals surface area contributed by atoms with Crippen LogP contribution in [0.3, 0.4) is 0 Å². The quantitative estimate of drug-likeness (QED) is 0.281. The molecular formula is C7H14N4O2. The van der Waals surface area contributed by atoms with E-state index in [2.05, 4.69) is 15.8 Å². The topological polar surface area (TPSA) is 97.6 Å². The number of hydrogen-bond acceptors (Lipinski definition) is 3. The Bertz CT molecular complexity index is 221. The lowest BCUT2D eigenvalue weighted by atomic mass is 10.4. The van der Waals surface area contributed by atoms with Gasteiger partial charge in [0.05, 0.1) is 6.42 Å². The molecular weight excluding hydrogens is 172 g/mol. The molecule has 6 nitrogen and oxygen atoms in total. The summed E-state index contributed by atoms with van der Waals surface area (Å²) in [5, 5.41) is 21.8. The summed E-state index contributed by atoms with van der Waals surface area (Å²) in [5.74, 6) is -0.891. The van der Waals surface area contributed by atoms with Gasteiger partial charge in [-0.15, -0.1) is 0 Å². The molecule has 0 fully saturated rings. The van der Waals surface area contributed by atoms with Crippen LogP contribution in [-0.2, 0) is 4.79 Å². The van der Waals surface area contributed by atoms with Crippen LogP contribution >= 0.6 is 0 Å². The molecule has 0 aromatic carbocycles. The zero-order valence-electron chi connectivity index (χ0n) is 7.72. The molecule has 0 rings (SSSR count). The minimum atomic E-state index is -0.893. The molecule has 0 spiro atoms. The van der Waals surface area contributed by atoms with E-state index in [1.54, 1.807) is 13.8 Å². The van der Waals surface area contributed by atoms with Crippen LogP contribution in [0.1, 0.15) is 20.3 Å². The van der Waals surface area contributed by atoms with Crippen molar-refractivity contribution in [2.45, 2.75) is 20.3 Å². The highest BCUT2D eigenvalue weighted by Crippen LogP contribution is 1.75. The first-order valence-electron chi connectivity index (χ1n) is 3.83. The molecule has 0 aliphatic heterocycles. The fourth-order valence-corrected chi connectivity index (χ4v) is 0.502. The van der Waals surface area contributed by atoms with Gasteiger partial charge in [-0.1, -0.05) is 0 Å². The highest BCUT2D eigenvalue weighted by atomic mass is 16.4. The molecule has 0 saturated carbocycles. The summed E-state index contributed by atoms with van der Waals surface area (Å²) in [6, 6.07) is 0. The summed E-state index contributed by atoms with van der Waals surface area (Å²) in [7, 11) is 0. The van der Waals surface area contributed by atoms with Gasteiger partial charge in [0.15, 0.2) is 0 Å². The molecule has 0 unspecified atom stereocenters. The number of hydrazone groups is 1. The molecule has 4 N–H and O–H groups in total. The maximum absolute atomic E-state index is 10.1. The molecule has 0 aliphatic rings. The van der Waals surface area contributed by atoms with E-state index in [0.29, 0.717) is 0 Å². The number of carbonyl (C=O) groups is 1. The molecule has 0 saturated heterocycles. The van der Waals surface area contributed by atoms with E-state index in [-0.39, 0.29) is 18.9 Å². The maximum atomic E-state index is 10.1. The Morgan fingerprint density at radius 3 is 2.62 bits per heavy atom. The van der Waals surface area contributed by atoms with Crippen molar-refractivity contribution in [3.63, 3.8) is 0 Å². The number of hydrogen-bond donors (Lipinski definition) is 4. The molecule has 0 atom stereocenters. The number of carboxylic acids is 1. The third kappa shape index (κ3) is 8.32. The van der Waals surface area contributed by atoms with Crippen LogP contribution in [0.25, 0.3) is 0 Å². The van der Waals surface area contributed by atoms with Gasteiger partial charge in [0.25, 0.3) is 0 Å². The largest absolute Gasteiger partial charge is 0.481 e. The van der Waals surface area contributed by atoms with E-state index < -0.39 is 5.97 Å². The van der Waals surface area contributed by atoms with Crippen LogP contribution in [-0.4, -0.2) is 29.3 Å².